The summed E-state index contributed by atoms with van der Waals surface area (Å²) in [6.45, 7) is 16.4. The van der Waals surface area contributed by atoms with Gasteiger partial charge in [-0.1, -0.05) is 48.5 Å². The Morgan fingerprint density at radius 1 is 1.10 bits per heavy atom. The maximum absolute atomic E-state index is 3.25. The summed E-state index contributed by atoms with van der Waals surface area (Å²) in [7, 11) is 0. The van der Waals surface area contributed by atoms with Gasteiger partial charge in [0.2, 0.25) is 0 Å². The summed E-state index contributed by atoms with van der Waals surface area (Å²) in [4.78, 5) is 0. The Kier molecular flexibility index (Phi) is 7.29. The topological polar surface area (TPSA) is 0 Å². The molecule has 0 saturated heterocycles. The number of hydrogen-bond acceptors (Lipinski definition) is 0. The average molecular weight is 143 g/mol. The molecule has 0 rings (SSSR count). The van der Waals surface area contributed by atoms with Crippen LogP contribution in [0.25, 0.3) is 0 Å². The van der Waals surface area contributed by atoms with E-state index in [2.05, 4.69) is 41.5 Å². The van der Waals surface area contributed by atoms with Crippen molar-refractivity contribution < 1.29 is 0 Å². The van der Waals surface area contributed by atoms with Crippen molar-refractivity contribution in [2.45, 2.75) is 48.0 Å². The molecule has 0 amide bonds. The molecule has 63 valence electrons. The van der Waals surface area contributed by atoms with Crippen LogP contribution in [-0.4, -0.2) is 0 Å². The summed E-state index contributed by atoms with van der Waals surface area (Å²) in [6, 6.07) is 0. The van der Waals surface area contributed by atoms with Crippen LogP contribution in [0.5, 0.6) is 0 Å². The lowest BCUT2D eigenvalue weighted by Gasteiger charge is -2.19. The predicted octanol–water partition coefficient (Wildman–Crippen LogP) is 3.92. The summed E-state index contributed by atoms with van der Waals surface area (Å²) in [5, 5.41) is 0. The van der Waals surface area contributed by atoms with Gasteiger partial charge in [-0.15, -0.1) is 0 Å². The quantitative estimate of drug-likeness (QED) is 0.522. The Hall–Kier alpha value is 0. The molecule has 0 N–H and O–H groups in total. The second kappa shape index (κ2) is 5.76. The van der Waals surface area contributed by atoms with Crippen LogP contribution in [0.3, 0.4) is 0 Å². The molecule has 0 aliphatic rings. The van der Waals surface area contributed by atoms with Crippen LogP contribution in [-0.2, 0) is 0 Å². The zero-order chi connectivity index (χ0) is 8.78. The standard InChI is InChI=1S/C8H18.C2H5/c1-7(2)6-8(3,4)5;1-2/h7H,6H2,1-5H3;1H2,2H3. The van der Waals surface area contributed by atoms with Crippen molar-refractivity contribution in [1.82, 2.24) is 0 Å². The monoisotopic (exact) mass is 143 g/mol. The fourth-order valence-electron chi connectivity index (χ4n) is 1.22. The van der Waals surface area contributed by atoms with E-state index in [0.29, 0.717) is 5.41 Å². The molecule has 1 radical (unpaired) electrons. The Bertz CT molecular complexity index is 54.9. The smallest absolute Gasteiger partial charge is 0.0380 e. The fraction of sp³-hybridized carbons (Fsp3) is 0.900. The number of hydrogen-bond donors (Lipinski definition) is 0. The molecule has 0 nitrogen and oxygen atoms in total. The summed E-state index contributed by atoms with van der Waals surface area (Å²) in [5.74, 6) is 0.843. The van der Waals surface area contributed by atoms with E-state index in [-0.39, 0.29) is 0 Å². The van der Waals surface area contributed by atoms with Gasteiger partial charge in [0.1, 0.15) is 0 Å². The Morgan fingerprint density at radius 2 is 1.40 bits per heavy atom. The third-order valence-electron chi connectivity index (χ3n) is 1.02. The molecule has 0 saturated carbocycles. The molecule has 0 bridgehead atoms. The van der Waals surface area contributed by atoms with E-state index in [4.69, 9.17) is 0 Å². The lowest BCUT2D eigenvalue weighted by atomic mass is 9.86. The molecule has 10 heavy (non-hydrogen) atoms. The van der Waals surface area contributed by atoms with Gasteiger partial charge in [-0.25, -0.2) is 0 Å². The molecule has 0 atom stereocenters. The maximum Gasteiger partial charge on any atom is -0.0380 e. The van der Waals surface area contributed by atoms with Gasteiger partial charge in [-0.05, 0) is 17.8 Å². The molecular formula is C10H23. The van der Waals surface area contributed by atoms with Crippen molar-refractivity contribution in [2.75, 3.05) is 0 Å². The van der Waals surface area contributed by atoms with E-state index in [9.17, 15) is 0 Å². The van der Waals surface area contributed by atoms with E-state index < -0.39 is 0 Å². The highest BCUT2D eigenvalue weighted by Crippen LogP contribution is 2.23. The van der Waals surface area contributed by atoms with Crippen molar-refractivity contribution in [3.63, 3.8) is 0 Å². The predicted molar refractivity (Wildman–Crippen MR) is 49.9 cm³/mol. The zero-order valence-corrected chi connectivity index (χ0v) is 8.49. The van der Waals surface area contributed by atoms with Crippen LogP contribution in [0.1, 0.15) is 48.0 Å². The molecule has 0 aromatic rings. The van der Waals surface area contributed by atoms with Crippen LogP contribution in [0.15, 0.2) is 0 Å². The van der Waals surface area contributed by atoms with Gasteiger partial charge in [0.15, 0.2) is 0 Å². The van der Waals surface area contributed by atoms with Crippen LogP contribution in [0, 0.1) is 18.3 Å². The third-order valence-corrected chi connectivity index (χ3v) is 1.02. The van der Waals surface area contributed by atoms with Crippen molar-refractivity contribution in [2.24, 2.45) is 11.3 Å². The molecule has 0 aromatic carbocycles. The van der Waals surface area contributed by atoms with Gasteiger partial charge < -0.3 is 0 Å². The van der Waals surface area contributed by atoms with Crippen molar-refractivity contribution in [3.8, 4) is 0 Å². The van der Waals surface area contributed by atoms with Gasteiger partial charge >= 0.3 is 0 Å². The van der Waals surface area contributed by atoms with Crippen LogP contribution >= 0.6 is 0 Å². The Morgan fingerprint density at radius 3 is 1.40 bits per heavy atom. The van der Waals surface area contributed by atoms with E-state index in [1.807, 2.05) is 0 Å². The van der Waals surface area contributed by atoms with Crippen molar-refractivity contribution >= 4 is 0 Å². The van der Waals surface area contributed by atoms with E-state index in [0.717, 1.165) is 5.92 Å². The highest BCUT2D eigenvalue weighted by atomic mass is 14.2. The third kappa shape index (κ3) is 15.7. The Balaban J connectivity index is 0. The average Bonchev–Trinajstić information content (AvgIpc) is 1.64. The van der Waals surface area contributed by atoms with Gasteiger partial charge in [0.05, 0.1) is 0 Å². The first-order valence-corrected chi connectivity index (χ1v) is 4.12. The van der Waals surface area contributed by atoms with Gasteiger partial charge in [0.25, 0.3) is 0 Å². The van der Waals surface area contributed by atoms with Gasteiger partial charge in [-0.2, -0.15) is 0 Å². The molecule has 0 heteroatoms. The molecule has 0 heterocycles. The molecule has 0 aliphatic heterocycles. The summed E-state index contributed by atoms with van der Waals surface area (Å²) in [6.07, 6.45) is 1.33. The van der Waals surface area contributed by atoms with E-state index >= 15 is 0 Å². The summed E-state index contributed by atoms with van der Waals surface area (Å²) < 4.78 is 0. The first-order valence-electron chi connectivity index (χ1n) is 4.12. The minimum Gasteiger partial charge on any atom is -0.0654 e. The van der Waals surface area contributed by atoms with E-state index in [1.165, 1.54) is 6.42 Å². The van der Waals surface area contributed by atoms with Crippen LogP contribution < -0.4 is 0 Å². The SMILES string of the molecule is CC(C)CC(C)(C)C.[CH2]C. The second-order valence-corrected chi connectivity index (χ2v) is 4.16. The molecule has 0 spiro atoms. The highest BCUT2D eigenvalue weighted by molar-refractivity contribution is 4.62. The summed E-state index contributed by atoms with van der Waals surface area (Å²) >= 11 is 0. The molecule has 0 aliphatic carbocycles. The molecule has 0 fully saturated rings. The van der Waals surface area contributed by atoms with Crippen molar-refractivity contribution in [1.29, 1.82) is 0 Å². The maximum atomic E-state index is 3.25. The minimum atomic E-state index is 0.522. The van der Waals surface area contributed by atoms with E-state index in [1.54, 1.807) is 6.92 Å². The van der Waals surface area contributed by atoms with Crippen LogP contribution in [0.4, 0.5) is 0 Å². The second-order valence-electron chi connectivity index (χ2n) is 4.16. The van der Waals surface area contributed by atoms with Gasteiger partial charge in [0, 0.05) is 0 Å². The lowest BCUT2D eigenvalue weighted by molar-refractivity contribution is 0.320. The first-order chi connectivity index (χ1) is 4.42. The minimum absolute atomic E-state index is 0.522. The fourth-order valence-corrected chi connectivity index (χ4v) is 1.22. The molecular weight excluding hydrogens is 120 g/mol. The largest absolute Gasteiger partial charge is 0.0654 e. The Labute approximate surface area is 67.0 Å². The normalized spacial score (nSPS) is 10.8. The zero-order valence-electron chi connectivity index (χ0n) is 8.49. The lowest BCUT2D eigenvalue weighted by Crippen LogP contribution is -2.08. The van der Waals surface area contributed by atoms with Crippen molar-refractivity contribution in [3.05, 3.63) is 6.92 Å². The highest BCUT2D eigenvalue weighted by Gasteiger charge is 2.11. The number of rotatable bonds is 1. The summed E-state index contributed by atoms with van der Waals surface area (Å²) in [5.41, 5.74) is 0.522. The first kappa shape index (κ1) is 12.7. The van der Waals surface area contributed by atoms with Gasteiger partial charge in [-0.3, -0.25) is 0 Å². The molecule has 0 unspecified atom stereocenters. The molecule has 0 aromatic heterocycles. The van der Waals surface area contributed by atoms with Crippen LogP contribution in [0.2, 0.25) is 0 Å².